The van der Waals surface area contributed by atoms with Gasteiger partial charge in [-0.05, 0) is 43.8 Å². The Balaban J connectivity index is 1.35. The maximum Gasteiger partial charge on any atom is 0.421 e. The van der Waals surface area contributed by atoms with Gasteiger partial charge in [-0.15, -0.1) is 0 Å². The minimum Gasteiger partial charge on any atom is -0.497 e. The minimum atomic E-state index is -4.95. The number of nitrogens with one attached hydrogen (secondary N) is 1. The second-order valence-corrected chi connectivity index (χ2v) is 11.9. The normalized spacial score (nSPS) is 22.6. The van der Waals surface area contributed by atoms with Crippen molar-refractivity contribution in [3.63, 3.8) is 0 Å². The minimum absolute atomic E-state index is 0.0130. The van der Waals surface area contributed by atoms with Crippen LogP contribution < -0.4 is 24.6 Å². The first-order valence-corrected chi connectivity index (χ1v) is 15.0. The fourth-order valence-corrected chi connectivity index (χ4v) is 6.93. The number of piperazine rings is 1. The van der Waals surface area contributed by atoms with Gasteiger partial charge in [-0.1, -0.05) is 0 Å². The fraction of sp³-hybridized carbons (Fsp3) is 0.406. The lowest BCUT2D eigenvalue weighted by Gasteiger charge is -2.35. The van der Waals surface area contributed by atoms with Crippen molar-refractivity contribution in [2.75, 3.05) is 50.1 Å². The van der Waals surface area contributed by atoms with Gasteiger partial charge >= 0.3 is 12.8 Å². The number of pyridine rings is 1. The molecule has 16 heteroatoms. The lowest BCUT2D eigenvalue weighted by molar-refractivity contribution is -0.137. The predicted octanol–water partition coefficient (Wildman–Crippen LogP) is 5.06. The van der Waals surface area contributed by atoms with Gasteiger partial charge in [0, 0.05) is 73.6 Å². The first-order chi connectivity index (χ1) is 22.8. The van der Waals surface area contributed by atoms with E-state index < -0.39 is 78.0 Å². The van der Waals surface area contributed by atoms with Gasteiger partial charge in [0.05, 0.1) is 18.7 Å². The SMILES string of the molecule is COc1cc(F)c([C@@H]2CN(c3ccnc(N4C[C@@H]5C[C@H]4CN5C)c3C(F)(F)F)C(=O)C2CNC(=O)c2ccc(OC(F)F)cc2)c(F)c1. The molecule has 0 spiro atoms. The molecule has 48 heavy (non-hydrogen) atoms. The molecular weight excluding hydrogens is 651 g/mol. The molecule has 2 amide bonds. The molecule has 0 saturated carbocycles. The van der Waals surface area contributed by atoms with Crippen LogP contribution in [-0.4, -0.2) is 80.7 Å². The first-order valence-electron chi connectivity index (χ1n) is 15.0. The topological polar surface area (TPSA) is 87.2 Å². The number of halogens is 7. The molecule has 3 saturated heterocycles. The molecule has 1 aromatic heterocycles. The number of likely N-dealkylation sites (N-methyl/N-ethyl adjacent to an activating group) is 1. The van der Waals surface area contributed by atoms with E-state index in [1.54, 1.807) is 4.90 Å². The molecule has 4 atom stereocenters. The molecule has 3 fully saturated rings. The molecule has 1 N–H and O–H groups in total. The molecule has 4 heterocycles. The molecule has 2 aromatic carbocycles. The Hall–Kier alpha value is -4.60. The van der Waals surface area contributed by atoms with Crippen LogP contribution in [0.5, 0.6) is 11.5 Å². The number of carbonyl (C=O) groups is 2. The molecule has 3 aromatic rings. The number of hydrogen-bond donors (Lipinski definition) is 1. The summed E-state index contributed by atoms with van der Waals surface area (Å²) in [5.74, 6) is -7.26. The molecular formula is C32H30F7N5O4. The van der Waals surface area contributed by atoms with Gasteiger partial charge in [0.15, 0.2) is 0 Å². The fourth-order valence-electron chi connectivity index (χ4n) is 6.93. The molecule has 2 bridgehead atoms. The quantitative estimate of drug-likeness (QED) is 0.316. The highest BCUT2D eigenvalue weighted by Crippen LogP contribution is 2.48. The van der Waals surface area contributed by atoms with Gasteiger partial charge in [0.1, 0.15) is 34.5 Å². The number of likely N-dealkylation sites (tertiary alicyclic amines) is 1. The van der Waals surface area contributed by atoms with Crippen LogP contribution in [0, 0.1) is 17.6 Å². The van der Waals surface area contributed by atoms with Crippen molar-refractivity contribution in [1.29, 1.82) is 0 Å². The van der Waals surface area contributed by atoms with E-state index in [1.807, 2.05) is 7.05 Å². The molecule has 0 aliphatic carbocycles. The van der Waals surface area contributed by atoms with Crippen LogP contribution in [0.25, 0.3) is 0 Å². The first kappa shape index (κ1) is 33.3. The third-order valence-electron chi connectivity index (χ3n) is 9.20. The highest BCUT2D eigenvalue weighted by Gasteiger charge is 2.50. The zero-order chi connectivity index (χ0) is 34.5. The number of fused-ring (bicyclic) bond motifs is 2. The number of benzene rings is 2. The second kappa shape index (κ2) is 12.8. The number of aromatic nitrogens is 1. The van der Waals surface area contributed by atoms with Crippen LogP contribution in [-0.2, 0) is 11.0 Å². The van der Waals surface area contributed by atoms with Gasteiger partial charge in [-0.2, -0.15) is 22.0 Å². The molecule has 256 valence electrons. The van der Waals surface area contributed by atoms with Crippen LogP contribution in [0.3, 0.4) is 0 Å². The number of amides is 2. The largest absolute Gasteiger partial charge is 0.497 e. The third kappa shape index (κ3) is 6.20. The van der Waals surface area contributed by atoms with Gasteiger partial charge < -0.3 is 24.6 Å². The summed E-state index contributed by atoms with van der Waals surface area (Å²) in [5, 5.41) is 2.50. The number of anilines is 2. The Morgan fingerprint density at radius 1 is 1.02 bits per heavy atom. The summed E-state index contributed by atoms with van der Waals surface area (Å²) in [5.41, 5.74) is -2.22. The van der Waals surface area contributed by atoms with Crippen LogP contribution >= 0.6 is 0 Å². The average molecular weight is 682 g/mol. The monoisotopic (exact) mass is 681 g/mol. The van der Waals surface area contributed by atoms with Crippen LogP contribution in [0.2, 0.25) is 0 Å². The molecule has 1 unspecified atom stereocenters. The number of alkyl halides is 5. The Labute approximate surface area is 270 Å². The predicted molar refractivity (Wildman–Crippen MR) is 158 cm³/mol. The van der Waals surface area contributed by atoms with Gasteiger partial charge in [-0.25, -0.2) is 13.8 Å². The van der Waals surface area contributed by atoms with E-state index in [-0.39, 0.29) is 35.0 Å². The van der Waals surface area contributed by atoms with E-state index >= 15 is 8.78 Å². The average Bonchev–Trinajstić information content (AvgIpc) is 3.71. The maximum absolute atomic E-state index is 15.4. The van der Waals surface area contributed by atoms with E-state index in [2.05, 4.69) is 19.9 Å². The van der Waals surface area contributed by atoms with Crippen molar-refractivity contribution >= 4 is 23.3 Å². The van der Waals surface area contributed by atoms with Crippen molar-refractivity contribution in [1.82, 2.24) is 15.2 Å². The smallest absolute Gasteiger partial charge is 0.421 e. The zero-order valence-electron chi connectivity index (χ0n) is 25.6. The summed E-state index contributed by atoms with van der Waals surface area (Å²) < 4.78 is 110. The van der Waals surface area contributed by atoms with Crippen molar-refractivity contribution in [3.8, 4) is 11.5 Å². The summed E-state index contributed by atoms with van der Waals surface area (Å²) in [6.07, 6.45) is -3.13. The summed E-state index contributed by atoms with van der Waals surface area (Å²) in [7, 11) is 3.09. The Kier molecular flexibility index (Phi) is 8.87. The number of nitrogens with zero attached hydrogens (tertiary/aromatic N) is 4. The van der Waals surface area contributed by atoms with Crippen molar-refractivity contribution < 1.29 is 49.8 Å². The highest BCUT2D eigenvalue weighted by molar-refractivity contribution is 6.01. The summed E-state index contributed by atoms with van der Waals surface area (Å²) in [6, 6.07) is 7.29. The van der Waals surface area contributed by atoms with Crippen molar-refractivity contribution in [2.45, 2.75) is 37.2 Å². The van der Waals surface area contributed by atoms with Crippen LogP contribution in [0.1, 0.15) is 33.8 Å². The standard InChI is InChI=1S/C32H30F7N5O4/c1-42-13-18-9-17(42)14-43(18)28-27(32(37,38)39)25(7-8-40-28)44-15-22(26-23(33)10-20(47-2)11-24(26)34)21(30(44)46)12-41-29(45)16-3-5-19(6-4-16)48-31(35)36/h3-8,10-11,17-18,21-22,31H,9,12-15H2,1-2H3,(H,41,45)/t17-,18-,21?,22+/m0/s1. The molecule has 0 radical (unpaired) electrons. The van der Waals surface area contributed by atoms with E-state index in [0.717, 1.165) is 35.2 Å². The Bertz CT molecular complexity index is 1680. The number of methoxy groups -OCH3 is 1. The molecule has 9 nitrogen and oxygen atoms in total. The molecule has 3 aliphatic rings. The van der Waals surface area contributed by atoms with Gasteiger partial charge in [-0.3, -0.25) is 14.5 Å². The van der Waals surface area contributed by atoms with Gasteiger partial charge in [0.2, 0.25) is 5.91 Å². The van der Waals surface area contributed by atoms with Crippen LogP contribution in [0.15, 0.2) is 48.7 Å². The highest BCUT2D eigenvalue weighted by atomic mass is 19.4. The Morgan fingerprint density at radius 3 is 2.27 bits per heavy atom. The summed E-state index contributed by atoms with van der Waals surface area (Å²) in [6.45, 7) is -3.29. The summed E-state index contributed by atoms with van der Waals surface area (Å²) >= 11 is 0. The second-order valence-electron chi connectivity index (χ2n) is 11.9. The lowest BCUT2D eigenvalue weighted by atomic mass is 9.87. The summed E-state index contributed by atoms with van der Waals surface area (Å²) in [4.78, 5) is 35.6. The number of hydrogen-bond acceptors (Lipinski definition) is 7. The van der Waals surface area contributed by atoms with Crippen LogP contribution in [0.4, 0.5) is 42.2 Å². The van der Waals surface area contributed by atoms with Gasteiger partial charge in [0.25, 0.3) is 5.91 Å². The number of rotatable bonds is 9. The van der Waals surface area contributed by atoms with E-state index in [9.17, 15) is 31.5 Å². The maximum atomic E-state index is 15.4. The molecule has 6 rings (SSSR count). The van der Waals surface area contributed by atoms with Crippen molar-refractivity contribution in [3.05, 3.63) is 77.0 Å². The molecule has 3 aliphatic heterocycles. The number of ether oxygens (including phenoxy) is 2. The zero-order valence-corrected chi connectivity index (χ0v) is 25.6. The Morgan fingerprint density at radius 2 is 1.71 bits per heavy atom. The van der Waals surface area contributed by atoms with Crippen molar-refractivity contribution in [2.24, 2.45) is 5.92 Å². The number of carbonyl (C=O) groups excluding carboxylic acids is 2. The third-order valence-corrected chi connectivity index (χ3v) is 9.20. The van der Waals surface area contributed by atoms with E-state index in [0.29, 0.717) is 19.5 Å². The lowest BCUT2D eigenvalue weighted by Crippen LogP contribution is -2.45. The van der Waals surface area contributed by atoms with E-state index in [1.165, 1.54) is 25.4 Å². The van der Waals surface area contributed by atoms with E-state index in [4.69, 9.17) is 4.74 Å².